The molecule has 0 aliphatic carbocycles. The lowest BCUT2D eigenvalue weighted by atomic mass is 10.1. The van der Waals surface area contributed by atoms with Gasteiger partial charge in [-0.3, -0.25) is 4.98 Å². The number of nitrogens with zero attached hydrogens (tertiary/aromatic N) is 1. The van der Waals surface area contributed by atoms with Crippen molar-refractivity contribution in [2.24, 2.45) is 5.92 Å². The van der Waals surface area contributed by atoms with E-state index in [0.29, 0.717) is 18.1 Å². The summed E-state index contributed by atoms with van der Waals surface area (Å²) in [6.07, 6.45) is 4.24. The van der Waals surface area contributed by atoms with E-state index in [1.807, 2.05) is 0 Å². The minimum atomic E-state index is -0.282. The summed E-state index contributed by atoms with van der Waals surface area (Å²) in [6.45, 7) is 2.47. The molecule has 1 aromatic rings. The van der Waals surface area contributed by atoms with Gasteiger partial charge in [-0.05, 0) is 25.1 Å². The fourth-order valence-electron chi connectivity index (χ4n) is 1.62. The maximum absolute atomic E-state index is 11.5. The Morgan fingerprint density at radius 3 is 3.12 bits per heavy atom. The SMILES string of the molecule is Cl.O=C(OCC1CCNC1)c1cccnc1. The molecule has 1 unspecified atom stereocenters. The van der Waals surface area contributed by atoms with Gasteiger partial charge >= 0.3 is 5.97 Å². The van der Waals surface area contributed by atoms with Crippen molar-refractivity contribution in [1.82, 2.24) is 10.3 Å². The number of hydrogen-bond acceptors (Lipinski definition) is 4. The first-order valence-corrected chi connectivity index (χ1v) is 5.14. The lowest BCUT2D eigenvalue weighted by Crippen LogP contribution is -2.16. The number of esters is 1. The number of hydrogen-bond donors (Lipinski definition) is 1. The highest BCUT2D eigenvalue weighted by Gasteiger charge is 2.16. The quantitative estimate of drug-likeness (QED) is 0.811. The van der Waals surface area contributed by atoms with E-state index in [1.54, 1.807) is 18.3 Å². The van der Waals surface area contributed by atoms with Crippen LogP contribution in [0.5, 0.6) is 0 Å². The fraction of sp³-hybridized carbons (Fsp3) is 0.455. The number of carbonyl (C=O) groups is 1. The van der Waals surface area contributed by atoms with E-state index in [9.17, 15) is 4.79 Å². The van der Waals surface area contributed by atoms with Gasteiger partial charge in [-0.25, -0.2) is 4.79 Å². The Bertz CT molecular complexity index is 326. The Hall–Kier alpha value is -1.13. The molecule has 2 heterocycles. The highest BCUT2D eigenvalue weighted by molar-refractivity contribution is 5.88. The molecule has 88 valence electrons. The lowest BCUT2D eigenvalue weighted by molar-refractivity contribution is 0.0450. The van der Waals surface area contributed by atoms with Gasteiger partial charge in [0.2, 0.25) is 0 Å². The predicted molar refractivity (Wildman–Crippen MR) is 62.7 cm³/mol. The molecule has 4 nitrogen and oxygen atoms in total. The van der Waals surface area contributed by atoms with Gasteiger partial charge in [-0.2, -0.15) is 0 Å². The van der Waals surface area contributed by atoms with Crippen LogP contribution in [0.3, 0.4) is 0 Å². The van der Waals surface area contributed by atoms with Gasteiger partial charge in [0, 0.05) is 24.9 Å². The zero-order valence-corrected chi connectivity index (χ0v) is 9.70. The summed E-state index contributed by atoms with van der Waals surface area (Å²) in [4.78, 5) is 15.4. The zero-order chi connectivity index (χ0) is 10.5. The Morgan fingerprint density at radius 2 is 2.50 bits per heavy atom. The van der Waals surface area contributed by atoms with E-state index in [-0.39, 0.29) is 18.4 Å². The Labute approximate surface area is 101 Å². The van der Waals surface area contributed by atoms with Gasteiger partial charge in [0.05, 0.1) is 12.2 Å². The van der Waals surface area contributed by atoms with Crippen molar-refractivity contribution in [3.05, 3.63) is 30.1 Å². The topological polar surface area (TPSA) is 51.2 Å². The third kappa shape index (κ3) is 3.47. The second kappa shape index (κ2) is 6.45. The average Bonchev–Trinajstić information content (AvgIpc) is 2.80. The van der Waals surface area contributed by atoms with E-state index in [0.717, 1.165) is 19.5 Å². The van der Waals surface area contributed by atoms with E-state index in [2.05, 4.69) is 10.3 Å². The highest BCUT2D eigenvalue weighted by atomic mass is 35.5. The molecule has 1 atom stereocenters. The van der Waals surface area contributed by atoms with Crippen LogP contribution in [0.15, 0.2) is 24.5 Å². The zero-order valence-electron chi connectivity index (χ0n) is 8.89. The first kappa shape index (κ1) is 12.9. The van der Waals surface area contributed by atoms with Crippen molar-refractivity contribution in [3.63, 3.8) is 0 Å². The number of carbonyl (C=O) groups excluding carboxylic acids is 1. The molecule has 1 aliphatic rings. The van der Waals surface area contributed by atoms with E-state index in [4.69, 9.17) is 4.74 Å². The Morgan fingerprint density at radius 1 is 1.62 bits per heavy atom. The van der Waals surface area contributed by atoms with Gasteiger partial charge in [0.1, 0.15) is 0 Å². The monoisotopic (exact) mass is 242 g/mol. The second-order valence-corrected chi connectivity index (χ2v) is 3.70. The van der Waals surface area contributed by atoms with Gasteiger partial charge in [0.15, 0.2) is 0 Å². The summed E-state index contributed by atoms with van der Waals surface area (Å²) >= 11 is 0. The first-order chi connectivity index (χ1) is 7.36. The van der Waals surface area contributed by atoms with Crippen LogP contribution >= 0.6 is 12.4 Å². The van der Waals surface area contributed by atoms with Crippen LogP contribution in [0.2, 0.25) is 0 Å². The smallest absolute Gasteiger partial charge is 0.339 e. The van der Waals surface area contributed by atoms with Gasteiger partial charge < -0.3 is 10.1 Å². The minimum absolute atomic E-state index is 0. The molecule has 1 N–H and O–H groups in total. The number of nitrogens with one attached hydrogen (secondary N) is 1. The van der Waals surface area contributed by atoms with E-state index < -0.39 is 0 Å². The van der Waals surface area contributed by atoms with Gasteiger partial charge in [-0.1, -0.05) is 0 Å². The summed E-state index contributed by atoms with van der Waals surface area (Å²) in [7, 11) is 0. The molecule has 1 saturated heterocycles. The van der Waals surface area contributed by atoms with Crippen molar-refractivity contribution >= 4 is 18.4 Å². The van der Waals surface area contributed by atoms with Crippen molar-refractivity contribution in [1.29, 1.82) is 0 Å². The molecule has 0 saturated carbocycles. The molecule has 0 spiro atoms. The van der Waals surface area contributed by atoms with Crippen LogP contribution in [0.1, 0.15) is 16.8 Å². The Balaban J connectivity index is 0.00000128. The van der Waals surface area contributed by atoms with Gasteiger partial charge in [-0.15, -0.1) is 12.4 Å². The van der Waals surface area contributed by atoms with Crippen molar-refractivity contribution in [2.75, 3.05) is 19.7 Å². The molecule has 0 bridgehead atoms. The first-order valence-electron chi connectivity index (χ1n) is 5.14. The summed E-state index contributed by atoms with van der Waals surface area (Å²) in [5.74, 6) is 0.181. The fourth-order valence-corrected chi connectivity index (χ4v) is 1.62. The van der Waals surface area contributed by atoms with E-state index in [1.165, 1.54) is 6.20 Å². The minimum Gasteiger partial charge on any atom is -0.462 e. The molecule has 2 rings (SSSR count). The predicted octanol–water partition coefficient (Wildman–Crippen LogP) is 1.27. The molecular weight excluding hydrogens is 228 g/mol. The largest absolute Gasteiger partial charge is 0.462 e. The second-order valence-electron chi connectivity index (χ2n) is 3.70. The standard InChI is InChI=1S/C11H14N2O2.ClH/c14-11(10-2-1-4-12-7-10)15-8-9-3-5-13-6-9;/h1-2,4,7,9,13H,3,5-6,8H2;1H. The average molecular weight is 243 g/mol. The van der Waals surface area contributed by atoms with Crippen LogP contribution in [-0.2, 0) is 4.74 Å². The number of ether oxygens (including phenoxy) is 1. The molecule has 16 heavy (non-hydrogen) atoms. The third-order valence-electron chi connectivity index (χ3n) is 2.51. The summed E-state index contributed by atoms with van der Waals surface area (Å²) in [6, 6.07) is 3.44. The van der Waals surface area contributed by atoms with Crippen LogP contribution in [0, 0.1) is 5.92 Å². The van der Waals surface area contributed by atoms with Crippen molar-refractivity contribution < 1.29 is 9.53 Å². The van der Waals surface area contributed by atoms with Crippen LogP contribution in [0.25, 0.3) is 0 Å². The van der Waals surface area contributed by atoms with Crippen LogP contribution in [0.4, 0.5) is 0 Å². The normalized spacial score (nSPS) is 18.9. The molecule has 0 radical (unpaired) electrons. The molecule has 1 aromatic heterocycles. The summed E-state index contributed by atoms with van der Waals surface area (Å²) in [5.41, 5.74) is 0.517. The number of rotatable bonds is 3. The molecule has 0 amide bonds. The molecular formula is C11H15ClN2O2. The van der Waals surface area contributed by atoms with E-state index >= 15 is 0 Å². The maximum Gasteiger partial charge on any atom is 0.339 e. The van der Waals surface area contributed by atoms with Crippen molar-refractivity contribution in [2.45, 2.75) is 6.42 Å². The number of aromatic nitrogens is 1. The molecule has 1 fully saturated rings. The summed E-state index contributed by atoms with van der Waals surface area (Å²) in [5, 5.41) is 3.23. The van der Waals surface area contributed by atoms with Crippen LogP contribution < -0.4 is 5.32 Å². The number of halogens is 1. The molecule has 5 heteroatoms. The highest BCUT2D eigenvalue weighted by Crippen LogP contribution is 2.09. The summed E-state index contributed by atoms with van der Waals surface area (Å²) < 4.78 is 5.19. The maximum atomic E-state index is 11.5. The third-order valence-corrected chi connectivity index (χ3v) is 2.51. The Kier molecular flexibility index (Phi) is 5.22. The van der Waals surface area contributed by atoms with Crippen LogP contribution in [-0.4, -0.2) is 30.6 Å². The van der Waals surface area contributed by atoms with Gasteiger partial charge in [0.25, 0.3) is 0 Å². The van der Waals surface area contributed by atoms with Crippen molar-refractivity contribution in [3.8, 4) is 0 Å². The lowest BCUT2D eigenvalue weighted by Gasteiger charge is -2.08. The molecule has 1 aliphatic heterocycles. The molecule has 0 aromatic carbocycles. The number of pyridine rings is 1.